The number of para-hydroxylation sites is 1. The third kappa shape index (κ3) is 3.49. The molecule has 10 heteroatoms. The van der Waals surface area contributed by atoms with Crippen molar-refractivity contribution in [1.82, 2.24) is 4.98 Å². The Balaban J connectivity index is 1.53. The highest BCUT2D eigenvalue weighted by Crippen LogP contribution is 2.35. The number of aromatic nitrogens is 1. The summed E-state index contributed by atoms with van der Waals surface area (Å²) >= 11 is 2.41. The Labute approximate surface area is 183 Å². The van der Waals surface area contributed by atoms with Gasteiger partial charge >= 0.3 is 5.63 Å². The number of carbonyl (C=O) groups is 2. The van der Waals surface area contributed by atoms with Gasteiger partial charge in [-0.3, -0.25) is 9.59 Å². The molecule has 1 aliphatic heterocycles. The molecule has 0 bridgehead atoms. The van der Waals surface area contributed by atoms with Crippen molar-refractivity contribution in [3.05, 3.63) is 64.5 Å². The fourth-order valence-electron chi connectivity index (χ4n) is 3.11. The monoisotopic (exact) mass is 451 g/mol. The second kappa shape index (κ2) is 7.64. The van der Waals surface area contributed by atoms with Crippen LogP contribution in [0.1, 0.15) is 10.4 Å². The first-order chi connectivity index (χ1) is 15.0. The van der Waals surface area contributed by atoms with Crippen LogP contribution in [0.4, 0.5) is 5.13 Å². The fourth-order valence-corrected chi connectivity index (χ4v) is 5.02. The molecule has 0 N–H and O–H groups in total. The summed E-state index contributed by atoms with van der Waals surface area (Å²) < 4.78 is 11.3. The maximum atomic E-state index is 12.8. The maximum Gasteiger partial charge on any atom is 0.349 e. The zero-order valence-corrected chi connectivity index (χ0v) is 17.7. The first-order valence-electron chi connectivity index (χ1n) is 9.10. The molecule has 2 amide bonds. The zero-order chi connectivity index (χ0) is 21.5. The minimum absolute atomic E-state index is 0.123. The van der Waals surface area contributed by atoms with Crippen LogP contribution in [0.5, 0.6) is 5.75 Å². The van der Waals surface area contributed by atoms with Gasteiger partial charge in [-0.15, -0.1) is 0 Å². The standard InChI is InChI=1S/C21H13N3O5S2/c1-28-12-6-7-14-16(9-12)31-21(22-14)24-17(25)10-30-20(24)23-18(26)13-8-11-4-2-3-5-15(11)29-19(13)27/h2-9H,10H2,1H3. The highest BCUT2D eigenvalue weighted by molar-refractivity contribution is 8.15. The van der Waals surface area contributed by atoms with Crippen molar-refractivity contribution in [2.45, 2.75) is 0 Å². The van der Waals surface area contributed by atoms with Gasteiger partial charge in [-0.05, 0) is 30.3 Å². The molecule has 2 aromatic carbocycles. The number of hydrogen-bond acceptors (Lipinski definition) is 8. The van der Waals surface area contributed by atoms with Crippen LogP contribution in [0.25, 0.3) is 21.2 Å². The summed E-state index contributed by atoms with van der Waals surface area (Å²) in [7, 11) is 1.57. The first kappa shape index (κ1) is 19.5. The number of thioether (sulfide) groups is 1. The molecular weight excluding hydrogens is 438 g/mol. The van der Waals surface area contributed by atoms with Crippen LogP contribution in [-0.4, -0.2) is 34.8 Å². The van der Waals surface area contributed by atoms with E-state index < -0.39 is 11.5 Å². The van der Waals surface area contributed by atoms with Gasteiger partial charge in [-0.2, -0.15) is 4.99 Å². The molecule has 0 aliphatic carbocycles. The number of amides is 2. The van der Waals surface area contributed by atoms with Crippen molar-refractivity contribution in [3.8, 4) is 5.75 Å². The second-order valence-corrected chi connectivity index (χ2v) is 8.48. The van der Waals surface area contributed by atoms with Gasteiger partial charge in [0.2, 0.25) is 5.91 Å². The van der Waals surface area contributed by atoms with E-state index in [9.17, 15) is 14.4 Å². The van der Waals surface area contributed by atoms with E-state index in [4.69, 9.17) is 9.15 Å². The molecule has 1 aliphatic rings. The van der Waals surface area contributed by atoms with E-state index in [0.717, 1.165) is 16.5 Å². The number of rotatable bonds is 3. The molecule has 0 saturated carbocycles. The zero-order valence-electron chi connectivity index (χ0n) is 16.0. The number of anilines is 1. The molecule has 5 rings (SSSR count). The summed E-state index contributed by atoms with van der Waals surface area (Å²) in [5.41, 5.74) is 0.112. The predicted molar refractivity (Wildman–Crippen MR) is 120 cm³/mol. The normalized spacial score (nSPS) is 15.3. The number of ether oxygens (including phenoxy) is 1. The van der Waals surface area contributed by atoms with E-state index in [0.29, 0.717) is 27.4 Å². The maximum absolute atomic E-state index is 12.8. The number of carbonyl (C=O) groups excluding carboxylic acids is 2. The molecule has 0 atom stereocenters. The van der Waals surface area contributed by atoms with E-state index in [-0.39, 0.29) is 22.4 Å². The summed E-state index contributed by atoms with van der Waals surface area (Å²) in [4.78, 5) is 47.4. The summed E-state index contributed by atoms with van der Waals surface area (Å²) in [6.45, 7) is 0. The smallest absolute Gasteiger partial charge is 0.349 e. The number of thiazole rings is 1. The highest BCUT2D eigenvalue weighted by atomic mass is 32.2. The summed E-state index contributed by atoms with van der Waals surface area (Å²) in [5, 5.41) is 1.18. The number of fused-ring (bicyclic) bond motifs is 2. The topological polar surface area (TPSA) is 102 Å². The molecule has 1 fully saturated rings. The van der Waals surface area contributed by atoms with Gasteiger partial charge in [0.1, 0.15) is 16.9 Å². The number of aliphatic imine (C=N–C) groups is 1. The van der Waals surface area contributed by atoms with Crippen LogP contribution in [0, 0.1) is 0 Å². The molecule has 154 valence electrons. The Morgan fingerprint density at radius 1 is 1.19 bits per heavy atom. The highest BCUT2D eigenvalue weighted by Gasteiger charge is 2.33. The van der Waals surface area contributed by atoms with E-state index in [1.807, 2.05) is 6.07 Å². The van der Waals surface area contributed by atoms with Crippen molar-refractivity contribution < 1.29 is 18.7 Å². The van der Waals surface area contributed by atoms with Gasteiger partial charge in [0, 0.05) is 5.39 Å². The van der Waals surface area contributed by atoms with Crippen LogP contribution in [0.2, 0.25) is 0 Å². The van der Waals surface area contributed by atoms with Gasteiger partial charge in [0.15, 0.2) is 10.3 Å². The van der Waals surface area contributed by atoms with Crippen molar-refractivity contribution in [1.29, 1.82) is 0 Å². The number of amidine groups is 1. The molecule has 4 aromatic rings. The predicted octanol–water partition coefficient (Wildman–Crippen LogP) is 3.69. The molecule has 8 nitrogen and oxygen atoms in total. The second-order valence-electron chi connectivity index (χ2n) is 6.53. The van der Waals surface area contributed by atoms with Crippen LogP contribution >= 0.6 is 23.1 Å². The molecule has 2 aromatic heterocycles. The quantitative estimate of drug-likeness (QED) is 0.438. The van der Waals surface area contributed by atoms with Crippen LogP contribution < -0.4 is 15.3 Å². The third-order valence-electron chi connectivity index (χ3n) is 4.61. The van der Waals surface area contributed by atoms with E-state index in [1.54, 1.807) is 43.5 Å². The largest absolute Gasteiger partial charge is 0.497 e. The lowest BCUT2D eigenvalue weighted by Gasteiger charge is -2.11. The van der Waals surface area contributed by atoms with Gasteiger partial charge in [0.05, 0.1) is 23.1 Å². The Morgan fingerprint density at radius 3 is 2.87 bits per heavy atom. The molecule has 3 heterocycles. The Kier molecular flexibility index (Phi) is 4.79. The Bertz CT molecular complexity index is 1460. The van der Waals surface area contributed by atoms with Gasteiger partial charge in [-0.25, -0.2) is 14.7 Å². The minimum atomic E-state index is -0.777. The van der Waals surface area contributed by atoms with Gasteiger partial charge < -0.3 is 9.15 Å². The van der Waals surface area contributed by atoms with E-state index >= 15 is 0 Å². The SMILES string of the molecule is COc1ccc2nc(N3C(=O)CSC3=NC(=O)c3cc4ccccc4oc3=O)sc2c1. The summed E-state index contributed by atoms with van der Waals surface area (Å²) in [6.07, 6.45) is 0. The summed E-state index contributed by atoms with van der Waals surface area (Å²) in [5.74, 6) is -0.216. The molecule has 0 spiro atoms. The van der Waals surface area contributed by atoms with Crippen molar-refractivity contribution >= 4 is 66.4 Å². The third-order valence-corrected chi connectivity index (χ3v) is 6.54. The average molecular weight is 451 g/mol. The van der Waals surface area contributed by atoms with Crippen molar-refractivity contribution in [2.75, 3.05) is 17.8 Å². The van der Waals surface area contributed by atoms with Gasteiger partial charge in [-0.1, -0.05) is 41.3 Å². The molecule has 31 heavy (non-hydrogen) atoms. The number of hydrogen-bond donors (Lipinski definition) is 0. The number of nitrogens with zero attached hydrogens (tertiary/aromatic N) is 3. The van der Waals surface area contributed by atoms with Crippen LogP contribution in [0.15, 0.2) is 62.7 Å². The molecule has 0 unspecified atom stereocenters. The number of benzene rings is 2. The Morgan fingerprint density at radius 2 is 2.03 bits per heavy atom. The summed E-state index contributed by atoms with van der Waals surface area (Å²) in [6, 6.07) is 13.7. The van der Waals surface area contributed by atoms with E-state index in [2.05, 4.69) is 9.98 Å². The minimum Gasteiger partial charge on any atom is -0.497 e. The lowest BCUT2D eigenvalue weighted by atomic mass is 10.2. The lowest BCUT2D eigenvalue weighted by Crippen LogP contribution is -2.30. The molecule has 0 radical (unpaired) electrons. The molecular formula is C21H13N3O5S2. The van der Waals surface area contributed by atoms with Gasteiger partial charge in [0.25, 0.3) is 5.91 Å². The first-order valence-corrected chi connectivity index (χ1v) is 10.9. The van der Waals surface area contributed by atoms with E-state index in [1.165, 1.54) is 22.3 Å². The van der Waals surface area contributed by atoms with Crippen LogP contribution in [-0.2, 0) is 4.79 Å². The molecule has 1 saturated heterocycles. The fraction of sp³-hybridized carbons (Fsp3) is 0.0952. The van der Waals surface area contributed by atoms with Crippen LogP contribution in [0.3, 0.4) is 0 Å². The number of methoxy groups -OCH3 is 1. The Hall–Kier alpha value is -3.50. The average Bonchev–Trinajstić information content (AvgIpc) is 3.35. The van der Waals surface area contributed by atoms with Crippen molar-refractivity contribution in [2.24, 2.45) is 4.99 Å². The van der Waals surface area contributed by atoms with Crippen molar-refractivity contribution in [3.63, 3.8) is 0 Å². The lowest BCUT2D eigenvalue weighted by molar-refractivity contribution is -0.115.